The van der Waals surface area contributed by atoms with Gasteiger partial charge in [-0.15, -0.1) is 0 Å². The monoisotopic (exact) mass is 378 g/mol. The SMILES string of the molecule is Cc1ccc(S(C)(=O)=O)cc1C(=O)NCC(c1cccc(F)c1)N(C)C. The summed E-state index contributed by atoms with van der Waals surface area (Å²) in [7, 11) is 0.291. The molecule has 2 aromatic rings. The summed E-state index contributed by atoms with van der Waals surface area (Å²) in [6.07, 6.45) is 1.10. The molecule has 1 unspecified atom stereocenters. The second kappa shape index (κ2) is 7.97. The molecule has 5 nitrogen and oxygen atoms in total. The first-order chi connectivity index (χ1) is 12.1. The van der Waals surface area contributed by atoms with Gasteiger partial charge in [-0.1, -0.05) is 18.2 Å². The van der Waals surface area contributed by atoms with Crippen LogP contribution in [0.5, 0.6) is 0 Å². The number of likely N-dealkylation sites (N-methyl/N-ethyl adjacent to an activating group) is 1. The molecule has 0 aromatic heterocycles. The normalized spacial score (nSPS) is 12.8. The molecule has 0 aliphatic rings. The molecule has 0 radical (unpaired) electrons. The van der Waals surface area contributed by atoms with E-state index in [0.29, 0.717) is 11.1 Å². The fourth-order valence-electron chi connectivity index (χ4n) is 2.67. The minimum absolute atomic E-state index is 0.0996. The number of amides is 1. The summed E-state index contributed by atoms with van der Waals surface area (Å²) in [5.41, 5.74) is 1.74. The Morgan fingerprint density at radius 3 is 2.46 bits per heavy atom. The van der Waals surface area contributed by atoms with E-state index in [0.717, 1.165) is 11.8 Å². The number of carbonyl (C=O) groups is 1. The van der Waals surface area contributed by atoms with Gasteiger partial charge >= 0.3 is 0 Å². The van der Waals surface area contributed by atoms with Crippen LogP contribution in [-0.2, 0) is 9.84 Å². The third kappa shape index (κ3) is 4.89. The van der Waals surface area contributed by atoms with E-state index in [4.69, 9.17) is 0 Å². The zero-order valence-corrected chi connectivity index (χ0v) is 16.1. The Bertz CT molecular complexity index is 911. The number of benzene rings is 2. The molecular formula is C19H23FN2O3S. The highest BCUT2D eigenvalue weighted by Gasteiger charge is 2.18. The Balaban J connectivity index is 2.21. The second-order valence-electron chi connectivity index (χ2n) is 6.49. The zero-order valence-electron chi connectivity index (χ0n) is 15.3. The van der Waals surface area contributed by atoms with Crippen LogP contribution < -0.4 is 5.32 Å². The number of carbonyl (C=O) groups excluding carboxylic acids is 1. The maximum Gasteiger partial charge on any atom is 0.251 e. The molecule has 2 rings (SSSR count). The number of rotatable bonds is 6. The number of hydrogen-bond donors (Lipinski definition) is 1. The Morgan fingerprint density at radius 2 is 1.88 bits per heavy atom. The minimum Gasteiger partial charge on any atom is -0.350 e. The van der Waals surface area contributed by atoms with Crippen LogP contribution in [0, 0.1) is 12.7 Å². The van der Waals surface area contributed by atoms with Crippen LogP contribution in [0.25, 0.3) is 0 Å². The van der Waals surface area contributed by atoms with Crippen molar-refractivity contribution in [2.45, 2.75) is 17.9 Å². The number of nitrogens with zero attached hydrogens (tertiary/aromatic N) is 1. The van der Waals surface area contributed by atoms with Gasteiger partial charge in [0.15, 0.2) is 9.84 Å². The van der Waals surface area contributed by atoms with Gasteiger partial charge in [-0.2, -0.15) is 0 Å². The Kier molecular flexibility index (Phi) is 6.15. The number of sulfone groups is 1. The van der Waals surface area contributed by atoms with Crippen molar-refractivity contribution in [3.05, 3.63) is 65.0 Å². The van der Waals surface area contributed by atoms with Crippen LogP contribution in [-0.4, -0.2) is 46.1 Å². The summed E-state index contributed by atoms with van der Waals surface area (Å²) in [5, 5.41) is 2.82. The molecule has 0 aliphatic carbocycles. The molecule has 0 fully saturated rings. The number of nitrogens with one attached hydrogen (secondary N) is 1. The summed E-state index contributed by atoms with van der Waals surface area (Å²) in [6, 6.07) is 10.5. The zero-order chi connectivity index (χ0) is 19.5. The van der Waals surface area contributed by atoms with Crippen molar-refractivity contribution < 1.29 is 17.6 Å². The van der Waals surface area contributed by atoms with E-state index < -0.39 is 9.84 Å². The smallest absolute Gasteiger partial charge is 0.251 e. The van der Waals surface area contributed by atoms with E-state index in [1.54, 1.807) is 25.1 Å². The molecule has 1 N–H and O–H groups in total. The first kappa shape index (κ1) is 20.1. The van der Waals surface area contributed by atoms with E-state index in [-0.39, 0.29) is 29.2 Å². The summed E-state index contributed by atoms with van der Waals surface area (Å²) in [5.74, 6) is -0.700. The second-order valence-corrected chi connectivity index (χ2v) is 8.51. The van der Waals surface area contributed by atoms with Gasteiger partial charge in [0.25, 0.3) is 5.91 Å². The lowest BCUT2D eigenvalue weighted by Crippen LogP contribution is -2.35. The average molecular weight is 378 g/mol. The lowest BCUT2D eigenvalue weighted by atomic mass is 10.0. The molecule has 1 amide bonds. The lowest BCUT2D eigenvalue weighted by molar-refractivity contribution is 0.0941. The summed E-state index contributed by atoms with van der Waals surface area (Å²) >= 11 is 0. The predicted molar refractivity (Wildman–Crippen MR) is 99.5 cm³/mol. The standard InChI is InChI=1S/C19H23FN2O3S/c1-13-8-9-16(26(4,24)25)11-17(13)19(23)21-12-18(22(2)3)14-6-5-7-15(20)10-14/h5-11,18H,12H2,1-4H3,(H,21,23). The molecule has 0 aliphatic heterocycles. The highest BCUT2D eigenvalue weighted by molar-refractivity contribution is 7.90. The van der Waals surface area contributed by atoms with E-state index in [2.05, 4.69) is 5.32 Å². The molecule has 0 saturated carbocycles. The molecule has 2 aromatic carbocycles. The van der Waals surface area contributed by atoms with Gasteiger partial charge < -0.3 is 10.2 Å². The van der Waals surface area contributed by atoms with Gasteiger partial charge in [0.05, 0.1) is 10.9 Å². The van der Waals surface area contributed by atoms with Crippen LogP contribution in [0.15, 0.2) is 47.4 Å². The van der Waals surface area contributed by atoms with Gasteiger partial charge in [-0.05, 0) is 56.4 Å². The molecule has 0 saturated heterocycles. The molecule has 7 heteroatoms. The third-order valence-corrected chi connectivity index (χ3v) is 5.30. The quantitative estimate of drug-likeness (QED) is 0.839. The summed E-state index contributed by atoms with van der Waals surface area (Å²) < 4.78 is 36.9. The number of halogens is 1. The molecule has 0 heterocycles. The highest BCUT2D eigenvalue weighted by atomic mass is 32.2. The highest BCUT2D eigenvalue weighted by Crippen LogP contribution is 2.19. The van der Waals surface area contributed by atoms with E-state index in [1.165, 1.54) is 24.3 Å². The van der Waals surface area contributed by atoms with Gasteiger partial charge in [0.2, 0.25) is 0 Å². The molecule has 0 spiro atoms. The summed E-state index contributed by atoms with van der Waals surface area (Å²) in [6.45, 7) is 2.01. The van der Waals surface area contributed by atoms with Crippen molar-refractivity contribution >= 4 is 15.7 Å². The topological polar surface area (TPSA) is 66.5 Å². The van der Waals surface area contributed by atoms with Crippen LogP contribution in [0.4, 0.5) is 4.39 Å². The fraction of sp³-hybridized carbons (Fsp3) is 0.316. The van der Waals surface area contributed by atoms with E-state index >= 15 is 0 Å². The number of aryl methyl sites for hydroxylation is 1. The fourth-order valence-corrected chi connectivity index (χ4v) is 3.32. The van der Waals surface area contributed by atoms with Crippen molar-refractivity contribution in [3.63, 3.8) is 0 Å². The minimum atomic E-state index is -3.40. The molecule has 26 heavy (non-hydrogen) atoms. The van der Waals surface area contributed by atoms with Crippen LogP contribution in [0.2, 0.25) is 0 Å². The van der Waals surface area contributed by atoms with Crippen molar-refractivity contribution in [1.82, 2.24) is 10.2 Å². The molecular weight excluding hydrogens is 355 g/mol. The van der Waals surface area contributed by atoms with Crippen LogP contribution in [0.1, 0.15) is 27.5 Å². The Hall–Kier alpha value is -2.25. The first-order valence-electron chi connectivity index (χ1n) is 8.10. The van der Waals surface area contributed by atoms with Gasteiger partial charge in [0, 0.05) is 18.4 Å². The van der Waals surface area contributed by atoms with E-state index in [9.17, 15) is 17.6 Å². The molecule has 1 atom stereocenters. The van der Waals surface area contributed by atoms with E-state index in [1.807, 2.05) is 19.0 Å². The van der Waals surface area contributed by atoms with Crippen LogP contribution in [0.3, 0.4) is 0 Å². The largest absolute Gasteiger partial charge is 0.350 e. The predicted octanol–water partition coefficient (Wildman–Crippen LogP) is 2.57. The van der Waals surface area contributed by atoms with Gasteiger partial charge in [0.1, 0.15) is 5.82 Å². The molecule has 0 bridgehead atoms. The van der Waals surface area contributed by atoms with Gasteiger partial charge in [-0.25, -0.2) is 12.8 Å². The van der Waals surface area contributed by atoms with Gasteiger partial charge in [-0.3, -0.25) is 4.79 Å². The lowest BCUT2D eigenvalue weighted by Gasteiger charge is -2.25. The molecule has 140 valence electrons. The Morgan fingerprint density at radius 1 is 1.19 bits per heavy atom. The van der Waals surface area contributed by atoms with Crippen molar-refractivity contribution in [1.29, 1.82) is 0 Å². The van der Waals surface area contributed by atoms with Crippen molar-refractivity contribution in [2.75, 3.05) is 26.9 Å². The first-order valence-corrected chi connectivity index (χ1v) is 9.99. The van der Waals surface area contributed by atoms with Crippen LogP contribution >= 0.6 is 0 Å². The van der Waals surface area contributed by atoms with Crippen molar-refractivity contribution in [2.24, 2.45) is 0 Å². The average Bonchev–Trinajstić information content (AvgIpc) is 2.54. The Labute approximate surface area is 153 Å². The van der Waals surface area contributed by atoms with Crippen molar-refractivity contribution in [3.8, 4) is 0 Å². The third-order valence-electron chi connectivity index (χ3n) is 4.19. The number of hydrogen-bond acceptors (Lipinski definition) is 4. The summed E-state index contributed by atoms with van der Waals surface area (Å²) in [4.78, 5) is 14.6. The maximum atomic E-state index is 13.5. The maximum absolute atomic E-state index is 13.5.